The SMILES string of the molecule is CN(C)C(=O)CN=C(NCC1CCCO1)N(C)Cc1ccc(OC(F)F)cc1.I. The van der Waals surface area contributed by atoms with Gasteiger partial charge in [0.2, 0.25) is 5.91 Å². The maximum atomic E-state index is 12.3. The number of nitrogens with one attached hydrogen (secondary N) is 1. The van der Waals surface area contributed by atoms with Crippen LogP contribution in [0.2, 0.25) is 0 Å². The summed E-state index contributed by atoms with van der Waals surface area (Å²) in [6, 6.07) is 6.44. The first-order chi connectivity index (χ1) is 13.3. The van der Waals surface area contributed by atoms with E-state index in [2.05, 4.69) is 15.0 Å². The number of hydrogen-bond donors (Lipinski definition) is 1. The molecule has 1 aliphatic heterocycles. The van der Waals surface area contributed by atoms with Crippen LogP contribution in [-0.4, -0.2) is 75.2 Å². The van der Waals surface area contributed by atoms with Crippen LogP contribution in [0.5, 0.6) is 5.75 Å². The fraction of sp³-hybridized carbons (Fsp3) is 0.579. The number of carbonyl (C=O) groups excluding carboxylic acids is 1. The number of nitrogens with zero attached hydrogens (tertiary/aromatic N) is 3. The molecule has 0 spiro atoms. The largest absolute Gasteiger partial charge is 0.435 e. The topological polar surface area (TPSA) is 66.4 Å². The van der Waals surface area contributed by atoms with Crippen LogP contribution >= 0.6 is 24.0 Å². The number of rotatable bonds is 8. The third kappa shape index (κ3) is 9.11. The lowest BCUT2D eigenvalue weighted by Gasteiger charge is -2.24. The number of halogens is 3. The first kappa shape index (κ1) is 25.3. The predicted molar refractivity (Wildman–Crippen MR) is 118 cm³/mol. The van der Waals surface area contributed by atoms with Gasteiger partial charge in [-0.2, -0.15) is 8.78 Å². The summed E-state index contributed by atoms with van der Waals surface area (Å²) in [5.74, 6) is 0.598. The van der Waals surface area contributed by atoms with Gasteiger partial charge in [0.25, 0.3) is 0 Å². The summed E-state index contributed by atoms with van der Waals surface area (Å²) in [4.78, 5) is 19.7. The Balaban J connectivity index is 0.00000420. The van der Waals surface area contributed by atoms with E-state index in [0.717, 1.165) is 25.0 Å². The third-order valence-corrected chi connectivity index (χ3v) is 4.30. The number of guanidine groups is 1. The highest BCUT2D eigenvalue weighted by molar-refractivity contribution is 14.0. The molecular weight excluding hydrogens is 497 g/mol. The monoisotopic (exact) mass is 526 g/mol. The van der Waals surface area contributed by atoms with E-state index in [4.69, 9.17) is 4.74 Å². The van der Waals surface area contributed by atoms with Crippen LogP contribution in [0.3, 0.4) is 0 Å². The molecule has 1 aliphatic rings. The molecule has 1 unspecified atom stereocenters. The highest BCUT2D eigenvalue weighted by atomic mass is 127. The lowest BCUT2D eigenvalue weighted by Crippen LogP contribution is -2.42. The van der Waals surface area contributed by atoms with Crippen LogP contribution in [-0.2, 0) is 16.1 Å². The second kappa shape index (κ2) is 12.8. The lowest BCUT2D eigenvalue weighted by molar-refractivity contribution is -0.127. The Hall–Kier alpha value is -1.69. The Labute approximate surface area is 187 Å². The molecule has 1 N–H and O–H groups in total. The Morgan fingerprint density at radius 1 is 1.31 bits per heavy atom. The van der Waals surface area contributed by atoms with Gasteiger partial charge in [-0.25, -0.2) is 4.99 Å². The van der Waals surface area contributed by atoms with Crippen molar-refractivity contribution in [3.8, 4) is 5.75 Å². The molecule has 1 aromatic rings. The second-order valence-electron chi connectivity index (χ2n) is 6.82. The van der Waals surface area contributed by atoms with Crippen LogP contribution in [0.4, 0.5) is 8.78 Å². The molecule has 1 atom stereocenters. The van der Waals surface area contributed by atoms with E-state index in [1.54, 1.807) is 26.2 Å². The van der Waals surface area contributed by atoms with Gasteiger partial charge in [0.1, 0.15) is 12.3 Å². The summed E-state index contributed by atoms with van der Waals surface area (Å²) in [7, 11) is 5.22. The number of benzene rings is 1. The highest BCUT2D eigenvalue weighted by Crippen LogP contribution is 2.16. The predicted octanol–water partition coefficient (Wildman–Crippen LogP) is 2.55. The van der Waals surface area contributed by atoms with Gasteiger partial charge < -0.3 is 24.6 Å². The molecule has 1 aromatic carbocycles. The van der Waals surface area contributed by atoms with Gasteiger partial charge in [-0.3, -0.25) is 4.79 Å². The zero-order valence-electron chi connectivity index (χ0n) is 16.9. The fourth-order valence-electron chi connectivity index (χ4n) is 2.73. The summed E-state index contributed by atoms with van der Waals surface area (Å²) in [5.41, 5.74) is 0.898. The minimum Gasteiger partial charge on any atom is -0.435 e. The zero-order chi connectivity index (χ0) is 20.5. The molecule has 0 radical (unpaired) electrons. The minimum absolute atomic E-state index is 0. The third-order valence-electron chi connectivity index (χ3n) is 4.30. The summed E-state index contributed by atoms with van der Waals surface area (Å²) >= 11 is 0. The van der Waals surface area contributed by atoms with E-state index in [9.17, 15) is 13.6 Å². The summed E-state index contributed by atoms with van der Waals surface area (Å²) in [5, 5.41) is 3.27. The molecule has 0 saturated carbocycles. The normalized spacial score (nSPS) is 16.3. The number of likely N-dealkylation sites (N-methyl/N-ethyl adjacent to an activating group) is 1. The van der Waals surface area contributed by atoms with Crippen LogP contribution < -0.4 is 10.1 Å². The van der Waals surface area contributed by atoms with Crippen molar-refractivity contribution in [2.24, 2.45) is 4.99 Å². The van der Waals surface area contributed by atoms with Crippen molar-refractivity contribution in [3.63, 3.8) is 0 Å². The van der Waals surface area contributed by atoms with Crippen molar-refractivity contribution in [2.75, 3.05) is 40.8 Å². The molecule has 7 nitrogen and oxygen atoms in total. The maximum absolute atomic E-state index is 12.3. The van der Waals surface area contributed by atoms with Crippen molar-refractivity contribution in [3.05, 3.63) is 29.8 Å². The van der Waals surface area contributed by atoms with Gasteiger partial charge in [0, 0.05) is 40.8 Å². The van der Waals surface area contributed by atoms with Gasteiger partial charge in [-0.15, -0.1) is 24.0 Å². The molecule has 29 heavy (non-hydrogen) atoms. The number of carbonyl (C=O) groups is 1. The van der Waals surface area contributed by atoms with Gasteiger partial charge in [-0.05, 0) is 30.5 Å². The number of ether oxygens (including phenoxy) is 2. The van der Waals surface area contributed by atoms with Crippen molar-refractivity contribution < 1.29 is 23.0 Å². The van der Waals surface area contributed by atoms with Crippen molar-refractivity contribution in [1.82, 2.24) is 15.1 Å². The fourth-order valence-corrected chi connectivity index (χ4v) is 2.73. The highest BCUT2D eigenvalue weighted by Gasteiger charge is 2.17. The second-order valence-corrected chi connectivity index (χ2v) is 6.82. The zero-order valence-corrected chi connectivity index (χ0v) is 19.3. The van der Waals surface area contributed by atoms with Crippen molar-refractivity contribution in [2.45, 2.75) is 32.1 Å². The van der Waals surface area contributed by atoms with E-state index >= 15 is 0 Å². The van der Waals surface area contributed by atoms with E-state index < -0.39 is 6.61 Å². The van der Waals surface area contributed by atoms with Crippen LogP contribution in [0.1, 0.15) is 18.4 Å². The summed E-state index contributed by atoms with van der Waals surface area (Å²) < 4.78 is 34.5. The number of amides is 1. The molecule has 164 valence electrons. The Morgan fingerprint density at radius 3 is 2.55 bits per heavy atom. The smallest absolute Gasteiger partial charge is 0.387 e. The minimum atomic E-state index is -2.84. The average Bonchev–Trinajstić information content (AvgIpc) is 3.16. The lowest BCUT2D eigenvalue weighted by atomic mass is 10.2. The first-order valence-electron chi connectivity index (χ1n) is 9.20. The average molecular weight is 526 g/mol. The van der Waals surface area contributed by atoms with Gasteiger partial charge in [0.15, 0.2) is 5.96 Å². The van der Waals surface area contributed by atoms with Crippen LogP contribution in [0.25, 0.3) is 0 Å². The number of hydrogen-bond acceptors (Lipinski definition) is 4. The quantitative estimate of drug-likeness (QED) is 0.321. The van der Waals surface area contributed by atoms with E-state index in [0.29, 0.717) is 19.0 Å². The molecule has 1 heterocycles. The molecule has 2 rings (SSSR count). The Kier molecular flexibility index (Phi) is 11.2. The van der Waals surface area contributed by atoms with E-state index in [1.165, 1.54) is 17.0 Å². The number of aliphatic imine (C=N–C) groups is 1. The van der Waals surface area contributed by atoms with Gasteiger partial charge in [-0.1, -0.05) is 12.1 Å². The first-order valence-corrected chi connectivity index (χ1v) is 9.20. The molecule has 1 fully saturated rings. The van der Waals surface area contributed by atoms with Crippen LogP contribution in [0.15, 0.2) is 29.3 Å². The Bertz CT molecular complexity index is 653. The molecule has 10 heteroatoms. The van der Waals surface area contributed by atoms with Gasteiger partial charge >= 0.3 is 6.61 Å². The molecule has 0 aliphatic carbocycles. The van der Waals surface area contributed by atoms with Crippen molar-refractivity contribution in [1.29, 1.82) is 0 Å². The Morgan fingerprint density at radius 2 is 2.00 bits per heavy atom. The molecule has 1 amide bonds. The summed E-state index contributed by atoms with van der Waals surface area (Å²) in [6.07, 6.45) is 2.17. The standard InChI is InChI=1S/C19H28F2N4O3.HI/c1-24(2)17(26)12-23-19(22-11-16-5-4-10-27-16)25(3)13-14-6-8-15(9-7-14)28-18(20)21;/h6-9,16,18H,4-5,10-13H2,1-3H3,(H,22,23);1H. The van der Waals surface area contributed by atoms with E-state index in [-0.39, 0.29) is 48.3 Å². The van der Waals surface area contributed by atoms with E-state index in [1.807, 2.05) is 11.9 Å². The van der Waals surface area contributed by atoms with Gasteiger partial charge in [0.05, 0.1) is 6.10 Å². The maximum Gasteiger partial charge on any atom is 0.387 e. The molecular formula is C19H29F2IN4O3. The summed E-state index contributed by atoms with van der Waals surface area (Å²) in [6.45, 7) is -0.945. The molecule has 0 aromatic heterocycles. The molecule has 0 bridgehead atoms. The number of alkyl halides is 2. The van der Waals surface area contributed by atoms with Crippen molar-refractivity contribution >= 4 is 35.8 Å². The van der Waals surface area contributed by atoms with Crippen LogP contribution in [0, 0.1) is 0 Å². The molecule has 1 saturated heterocycles.